The van der Waals surface area contributed by atoms with Crippen LogP contribution in [0.25, 0.3) is 0 Å². The summed E-state index contributed by atoms with van der Waals surface area (Å²) in [6.07, 6.45) is 3.66. The second-order valence-electron chi connectivity index (χ2n) is 5.81. The molecule has 6 nitrogen and oxygen atoms in total. The van der Waals surface area contributed by atoms with Crippen molar-refractivity contribution in [2.24, 2.45) is 4.99 Å². The van der Waals surface area contributed by atoms with Crippen molar-refractivity contribution in [3.8, 4) is 0 Å². The predicted octanol–water partition coefficient (Wildman–Crippen LogP) is 1.56. The molecule has 1 N–H and O–H groups in total. The molecular formula is C17H22F2N6. The van der Waals surface area contributed by atoms with Gasteiger partial charge in [0.25, 0.3) is 0 Å². The van der Waals surface area contributed by atoms with E-state index in [1.165, 1.54) is 12.1 Å². The standard InChI is InChI=1S/C17H22F2N6/c1-20-17(21-6-8-25-7-2-5-22-25)24-11-9-23(10-12-24)16-13-14(18)3-4-15(16)19/h2-5,7,13H,6,8-12H2,1H3,(H,20,21). The largest absolute Gasteiger partial charge is 0.366 e. The number of hydrogen-bond donors (Lipinski definition) is 1. The van der Waals surface area contributed by atoms with Gasteiger partial charge in [0.05, 0.1) is 12.2 Å². The minimum absolute atomic E-state index is 0.321. The lowest BCUT2D eigenvalue weighted by molar-refractivity contribution is 0.369. The third-order valence-electron chi connectivity index (χ3n) is 4.22. The monoisotopic (exact) mass is 348 g/mol. The summed E-state index contributed by atoms with van der Waals surface area (Å²) in [6, 6.07) is 5.45. The molecule has 1 saturated heterocycles. The van der Waals surface area contributed by atoms with E-state index >= 15 is 0 Å². The maximum absolute atomic E-state index is 13.9. The number of halogens is 2. The normalized spacial score (nSPS) is 15.6. The molecule has 0 bridgehead atoms. The van der Waals surface area contributed by atoms with E-state index in [0.717, 1.165) is 18.6 Å². The number of hydrogen-bond acceptors (Lipinski definition) is 3. The number of rotatable bonds is 4. The third kappa shape index (κ3) is 4.26. The first-order valence-electron chi connectivity index (χ1n) is 8.30. The van der Waals surface area contributed by atoms with Crippen molar-refractivity contribution < 1.29 is 8.78 Å². The highest BCUT2D eigenvalue weighted by molar-refractivity contribution is 5.80. The summed E-state index contributed by atoms with van der Waals surface area (Å²) in [4.78, 5) is 8.30. The Morgan fingerprint density at radius 2 is 2.04 bits per heavy atom. The number of aromatic nitrogens is 2. The van der Waals surface area contributed by atoms with E-state index in [1.807, 2.05) is 21.8 Å². The molecule has 0 saturated carbocycles. The summed E-state index contributed by atoms with van der Waals surface area (Å²) in [5, 5.41) is 7.48. The molecule has 1 fully saturated rings. The molecule has 0 atom stereocenters. The molecule has 2 aromatic rings. The molecule has 134 valence electrons. The summed E-state index contributed by atoms with van der Waals surface area (Å²) in [6.45, 7) is 4.07. The Labute approximate surface area is 145 Å². The summed E-state index contributed by atoms with van der Waals surface area (Å²) >= 11 is 0. The first-order valence-corrected chi connectivity index (χ1v) is 8.30. The van der Waals surface area contributed by atoms with E-state index in [1.54, 1.807) is 13.2 Å². The van der Waals surface area contributed by atoms with Gasteiger partial charge in [-0.2, -0.15) is 5.10 Å². The number of aliphatic imine (C=N–C) groups is 1. The lowest BCUT2D eigenvalue weighted by Gasteiger charge is -2.37. The van der Waals surface area contributed by atoms with Gasteiger partial charge in [-0.05, 0) is 18.2 Å². The molecule has 25 heavy (non-hydrogen) atoms. The molecular weight excluding hydrogens is 326 g/mol. The zero-order valence-electron chi connectivity index (χ0n) is 14.2. The third-order valence-corrected chi connectivity index (χ3v) is 4.22. The van der Waals surface area contributed by atoms with Gasteiger partial charge in [-0.1, -0.05) is 0 Å². The Balaban J connectivity index is 1.52. The van der Waals surface area contributed by atoms with Crippen LogP contribution in [-0.2, 0) is 6.54 Å². The van der Waals surface area contributed by atoms with E-state index in [-0.39, 0.29) is 0 Å². The van der Waals surface area contributed by atoms with Crippen LogP contribution in [0.1, 0.15) is 0 Å². The number of nitrogens with one attached hydrogen (secondary N) is 1. The molecule has 0 unspecified atom stereocenters. The fourth-order valence-corrected chi connectivity index (χ4v) is 2.93. The van der Waals surface area contributed by atoms with Crippen LogP contribution in [0, 0.1) is 11.6 Å². The number of benzene rings is 1. The lowest BCUT2D eigenvalue weighted by atomic mass is 10.2. The Kier molecular flexibility index (Phi) is 5.47. The van der Waals surface area contributed by atoms with Crippen LogP contribution in [0.15, 0.2) is 41.7 Å². The van der Waals surface area contributed by atoms with Gasteiger partial charge in [-0.25, -0.2) is 8.78 Å². The van der Waals surface area contributed by atoms with Crippen molar-refractivity contribution in [2.45, 2.75) is 6.54 Å². The van der Waals surface area contributed by atoms with Gasteiger partial charge in [-0.3, -0.25) is 9.67 Å². The highest BCUT2D eigenvalue weighted by Gasteiger charge is 2.21. The van der Waals surface area contributed by atoms with Gasteiger partial charge in [0.1, 0.15) is 11.6 Å². The highest BCUT2D eigenvalue weighted by atomic mass is 19.1. The molecule has 1 aromatic heterocycles. The molecule has 2 heterocycles. The minimum atomic E-state index is -0.421. The fraction of sp³-hybridized carbons (Fsp3) is 0.412. The molecule has 0 aliphatic carbocycles. The topological polar surface area (TPSA) is 48.7 Å². The Morgan fingerprint density at radius 3 is 2.72 bits per heavy atom. The second-order valence-corrected chi connectivity index (χ2v) is 5.81. The van der Waals surface area contributed by atoms with Crippen LogP contribution < -0.4 is 10.2 Å². The zero-order valence-corrected chi connectivity index (χ0v) is 14.2. The van der Waals surface area contributed by atoms with Crippen molar-refractivity contribution >= 4 is 11.6 Å². The number of piperazine rings is 1. The van der Waals surface area contributed by atoms with Gasteiger partial charge >= 0.3 is 0 Å². The van der Waals surface area contributed by atoms with Crippen molar-refractivity contribution in [3.63, 3.8) is 0 Å². The van der Waals surface area contributed by atoms with E-state index < -0.39 is 11.6 Å². The molecule has 1 aliphatic rings. The predicted molar refractivity (Wildman–Crippen MR) is 93.7 cm³/mol. The quantitative estimate of drug-likeness (QED) is 0.673. The summed E-state index contributed by atoms with van der Waals surface area (Å²) in [5.74, 6) is -0.00183. The van der Waals surface area contributed by atoms with Crippen molar-refractivity contribution in [1.82, 2.24) is 20.0 Å². The summed E-state index contributed by atoms with van der Waals surface area (Å²) in [7, 11) is 1.74. The summed E-state index contributed by atoms with van der Waals surface area (Å²) in [5.41, 5.74) is 0.321. The fourth-order valence-electron chi connectivity index (χ4n) is 2.93. The van der Waals surface area contributed by atoms with Gasteiger partial charge in [0.2, 0.25) is 0 Å². The van der Waals surface area contributed by atoms with E-state index in [2.05, 4.69) is 20.3 Å². The second kappa shape index (κ2) is 7.96. The smallest absolute Gasteiger partial charge is 0.193 e. The van der Waals surface area contributed by atoms with Gasteiger partial charge < -0.3 is 15.1 Å². The minimum Gasteiger partial charge on any atom is -0.366 e. The molecule has 0 spiro atoms. The Morgan fingerprint density at radius 1 is 1.24 bits per heavy atom. The molecule has 1 aliphatic heterocycles. The van der Waals surface area contributed by atoms with Crippen LogP contribution in [0.4, 0.5) is 14.5 Å². The van der Waals surface area contributed by atoms with E-state index in [4.69, 9.17) is 0 Å². The maximum Gasteiger partial charge on any atom is 0.193 e. The van der Waals surface area contributed by atoms with Crippen molar-refractivity contribution in [3.05, 3.63) is 48.3 Å². The SMILES string of the molecule is CN=C(NCCn1cccn1)N1CCN(c2cc(F)ccc2F)CC1. The van der Waals surface area contributed by atoms with Gasteiger partial charge in [-0.15, -0.1) is 0 Å². The molecule has 3 rings (SSSR count). The zero-order chi connectivity index (χ0) is 17.6. The number of nitrogens with zero attached hydrogens (tertiary/aromatic N) is 5. The Bertz CT molecular complexity index is 708. The van der Waals surface area contributed by atoms with Crippen molar-refractivity contribution in [2.75, 3.05) is 44.7 Å². The molecule has 0 amide bonds. The maximum atomic E-state index is 13.9. The Hall–Kier alpha value is -2.64. The number of anilines is 1. The molecule has 1 aromatic carbocycles. The van der Waals surface area contributed by atoms with E-state index in [0.29, 0.717) is 38.4 Å². The number of guanidine groups is 1. The average molecular weight is 348 g/mol. The van der Waals surface area contributed by atoms with Crippen LogP contribution in [0.3, 0.4) is 0 Å². The van der Waals surface area contributed by atoms with Crippen LogP contribution >= 0.6 is 0 Å². The first-order chi connectivity index (χ1) is 12.2. The van der Waals surface area contributed by atoms with Crippen molar-refractivity contribution in [1.29, 1.82) is 0 Å². The van der Waals surface area contributed by atoms with Crippen LogP contribution in [-0.4, -0.2) is 60.4 Å². The highest BCUT2D eigenvalue weighted by Crippen LogP contribution is 2.21. The van der Waals surface area contributed by atoms with Crippen LogP contribution in [0.2, 0.25) is 0 Å². The first kappa shape index (κ1) is 17.2. The van der Waals surface area contributed by atoms with Gasteiger partial charge in [0, 0.05) is 58.2 Å². The molecule has 0 radical (unpaired) electrons. The molecule has 8 heteroatoms. The summed E-state index contributed by atoms with van der Waals surface area (Å²) < 4.78 is 29.1. The lowest BCUT2D eigenvalue weighted by Crippen LogP contribution is -2.53. The van der Waals surface area contributed by atoms with E-state index in [9.17, 15) is 8.78 Å². The van der Waals surface area contributed by atoms with Crippen LogP contribution in [0.5, 0.6) is 0 Å². The average Bonchev–Trinajstić information content (AvgIpc) is 3.15. The van der Waals surface area contributed by atoms with Gasteiger partial charge in [0.15, 0.2) is 5.96 Å².